The van der Waals surface area contributed by atoms with E-state index in [1.165, 1.54) is 12.1 Å². The summed E-state index contributed by atoms with van der Waals surface area (Å²) in [6, 6.07) is 6.20. The SMILES string of the molecule is CCOC(=O)Nc1ccc2c(COC(=O)[C@H]3C[C@H]3C)cc(=O)oc2c1. The van der Waals surface area contributed by atoms with Crippen LogP contribution in [0.4, 0.5) is 10.5 Å². The molecule has 0 spiro atoms. The lowest BCUT2D eigenvalue weighted by molar-refractivity contribution is -0.146. The topological polar surface area (TPSA) is 94.8 Å². The molecule has 0 bridgehead atoms. The molecule has 1 heterocycles. The van der Waals surface area contributed by atoms with E-state index in [4.69, 9.17) is 13.9 Å². The number of hydrogen-bond donors (Lipinski definition) is 1. The van der Waals surface area contributed by atoms with Gasteiger partial charge >= 0.3 is 17.7 Å². The summed E-state index contributed by atoms with van der Waals surface area (Å²) < 4.78 is 15.3. The molecule has 1 N–H and O–H groups in total. The predicted molar refractivity (Wildman–Crippen MR) is 90.2 cm³/mol. The van der Waals surface area contributed by atoms with Crippen LogP contribution in [0.25, 0.3) is 11.0 Å². The van der Waals surface area contributed by atoms with Crippen molar-refractivity contribution >= 4 is 28.7 Å². The Morgan fingerprint density at radius 3 is 2.72 bits per heavy atom. The molecule has 1 aliphatic carbocycles. The van der Waals surface area contributed by atoms with Crippen molar-refractivity contribution in [3.8, 4) is 0 Å². The van der Waals surface area contributed by atoms with Crippen molar-refractivity contribution in [2.45, 2.75) is 26.9 Å². The van der Waals surface area contributed by atoms with Crippen LogP contribution in [0.2, 0.25) is 0 Å². The van der Waals surface area contributed by atoms with E-state index in [0.717, 1.165) is 6.42 Å². The first kappa shape index (κ1) is 17.0. The number of rotatable bonds is 5. The molecular formula is C18H19NO6. The third-order valence-corrected chi connectivity index (χ3v) is 4.13. The molecule has 1 fully saturated rings. The maximum atomic E-state index is 11.9. The molecule has 7 heteroatoms. The van der Waals surface area contributed by atoms with Gasteiger partial charge in [-0.15, -0.1) is 0 Å². The monoisotopic (exact) mass is 345 g/mol. The molecule has 0 radical (unpaired) electrons. The molecule has 25 heavy (non-hydrogen) atoms. The number of fused-ring (bicyclic) bond motifs is 1. The minimum absolute atomic E-state index is 0.00874. The number of nitrogens with one attached hydrogen (secondary N) is 1. The number of esters is 1. The van der Waals surface area contributed by atoms with E-state index in [1.54, 1.807) is 19.1 Å². The van der Waals surface area contributed by atoms with Crippen LogP contribution in [-0.2, 0) is 20.9 Å². The van der Waals surface area contributed by atoms with Crippen molar-refractivity contribution in [1.82, 2.24) is 0 Å². The van der Waals surface area contributed by atoms with E-state index in [0.29, 0.717) is 28.1 Å². The zero-order valence-corrected chi connectivity index (χ0v) is 14.0. The maximum Gasteiger partial charge on any atom is 0.411 e. The summed E-state index contributed by atoms with van der Waals surface area (Å²) in [5.41, 5.74) is 0.755. The van der Waals surface area contributed by atoms with Gasteiger partial charge in [-0.2, -0.15) is 0 Å². The fraction of sp³-hybridized carbons (Fsp3) is 0.389. The van der Waals surface area contributed by atoms with E-state index >= 15 is 0 Å². The standard InChI is InChI=1S/C18H19NO6/c1-3-23-18(22)19-12-4-5-13-11(7-16(20)25-15(13)8-12)9-24-17(21)14-6-10(14)2/h4-5,7-8,10,14H,3,6,9H2,1-2H3,(H,19,22)/t10-,14+/m1/s1. The number of benzene rings is 1. The Hall–Kier alpha value is -2.83. The number of amides is 1. The summed E-state index contributed by atoms with van der Waals surface area (Å²) in [5.74, 6) is 0.0860. The number of hydrogen-bond acceptors (Lipinski definition) is 6. The minimum atomic E-state index is -0.590. The third-order valence-electron chi connectivity index (χ3n) is 4.13. The Labute approximate surface area is 143 Å². The van der Waals surface area contributed by atoms with Gasteiger partial charge in [0.15, 0.2) is 0 Å². The Morgan fingerprint density at radius 2 is 2.04 bits per heavy atom. The Bertz CT molecular complexity index is 871. The molecular weight excluding hydrogens is 326 g/mol. The highest BCUT2D eigenvalue weighted by Crippen LogP contribution is 2.38. The third kappa shape index (κ3) is 3.99. The molecule has 3 rings (SSSR count). The molecule has 1 aromatic heterocycles. The van der Waals surface area contributed by atoms with Crippen LogP contribution in [0.1, 0.15) is 25.8 Å². The molecule has 0 unspecified atom stereocenters. The highest BCUT2D eigenvalue weighted by Gasteiger charge is 2.40. The molecule has 2 atom stereocenters. The van der Waals surface area contributed by atoms with E-state index in [9.17, 15) is 14.4 Å². The van der Waals surface area contributed by atoms with Crippen molar-refractivity contribution in [2.75, 3.05) is 11.9 Å². The van der Waals surface area contributed by atoms with E-state index in [2.05, 4.69) is 5.32 Å². The van der Waals surface area contributed by atoms with Crippen molar-refractivity contribution in [1.29, 1.82) is 0 Å². The van der Waals surface area contributed by atoms with Gasteiger partial charge in [-0.1, -0.05) is 6.92 Å². The van der Waals surface area contributed by atoms with Crippen LogP contribution in [0.15, 0.2) is 33.5 Å². The fourth-order valence-corrected chi connectivity index (χ4v) is 2.62. The molecule has 7 nitrogen and oxygen atoms in total. The summed E-state index contributed by atoms with van der Waals surface area (Å²) in [4.78, 5) is 35.1. The number of carbonyl (C=O) groups excluding carboxylic acids is 2. The highest BCUT2D eigenvalue weighted by atomic mass is 16.5. The van der Waals surface area contributed by atoms with Crippen molar-refractivity contribution in [2.24, 2.45) is 11.8 Å². The van der Waals surface area contributed by atoms with Gasteiger partial charge in [-0.25, -0.2) is 9.59 Å². The zero-order valence-electron chi connectivity index (χ0n) is 14.0. The second-order valence-electron chi connectivity index (χ2n) is 6.07. The number of ether oxygens (including phenoxy) is 2. The van der Waals surface area contributed by atoms with Gasteiger partial charge in [-0.05, 0) is 31.4 Å². The molecule has 1 aromatic carbocycles. The Morgan fingerprint density at radius 1 is 1.28 bits per heavy atom. The van der Waals surface area contributed by atoms with Gasteiger partial charge < -0.3 is 13.9 Å². The summed E-state index contributed by atoms with van der Waals surface area (Å²) in [7, 11) is 0. The van der Waals surface area contributed by atoms with Crippen LogP contribution < -0.4 is 10.9 Å². The molecule has 132 valence electrons. The first-order valence-electron chi connectivity index (χ1n) is 8.15. The van der Waals surface area contributed by atoms with Gasteiger partial charge in [0.1, 0.15) is 12.2 Å². The molecule has 0 saturated heterocycles. The Kier molecular flexibility index (Phi) is 4.74. The highest BCUT2D eigenvalue weighted by molar-refractivity contribution is 5.90. The molecule has 1 amide bonds. The van der Waals surface area contributed by atoms with E-state index in [1.807, 2.05) is 6.92 Å². The minimum Gasteiger partial charge on any atom is -0.461 e. The van der Waals surface area contributed by atoms with Gasteiger partial charge in [0.05, 0.1) is 12.5 Å². The first-order chi connectivity index (χ1) is 12.0. The summed E-state index contributed by atoms with van der Waals surface area (Å²) in [6.45, 7) is 3.96. The van der Waals surface area contributed by atoms with Crippen LogP contribution in [-0.4, -0.2) is 18.7 Å². The molecule has 0 aliphatic heterocycles. The predicted octanol–water partition coefficient (Wildman–Crippen LogP) is 3.06. The summed E-state index contributed by atoms with van der Waals surface area (Å²) >= 11 is 0. The van der Waals surface area contributed by atoms with Crippen LogP contribution in [0.3, 0.4) is 0 Å². The van der Waals surface area contributed by atoms with E-state index in [-0.39, 0.29) is 25.1 Å². The van der Waals surface area contributed by atoms with E-state index < -0.39 is 11.7 Å². The summed E-state index contributed by atoms with van der Waals surface area (Å²) in [5, 5.41) is 3.19. The molecule has 1 saturated carbocycles. The van der Waals surface area contributed by atoms with Gasteiger partial charge in [0.2, 0.25) is 0 Å². The quantitative estimate of drug-likeness (QED) is 0.661. The Balaban J connectivity index is 1.80. The maximum absolute atomic E-state index is 11.9. The zero-order chi connectivity index (χ0) is 18.0. The van der Waals surface area contributed by atoms with Crippen LogP contribution >= 0.6 is 0 Å². The number of anilines is 1. The second-order valence-corrected chi connectivity index (χ2v) is 6.07. The van der Waals surface area contributed by atoms with Crippen LogP contribution in [0, 0.1) is 11.8 Å². The van der Waals surface area contributed by atoms with Gasteiger partial charge in [0.25, 0.3) is 0 Å². The summed E-state index contributed by atoms with van der Waals surface area (Å²) in [6.07, 6.45) is 0.257. The average Bonchev–Trinajstić information content (AvgIpc) is 3.29. The van der Waals surface area contributed by atoms with Gasteiger partial charge in [0, 0.05) is 28.8 Å². The van der Waals surface area contributed by atoms with Crippen molar-refractivity contribution < 1.29 is 23.5 Å². The normalized spacial score (nSPS) is 18.6. The van der Waals surface area contributed by atoms with Gasteiger partial charge in [-0.3, -0.25) is 10.1 Å². The lowest BCUT2D eigenvalue weighted by atomic mass is 10.1. The second kappa shape index (κ2) is 6.96. The first-order valence-corrected chi connectivity index (χ1v) is 8.15. The average molecular weight is 345 g/mol. The van der Waals surface area contributed by atoms with Crippen LogP contribution in [0.5, 0.6) is 0 Å². The lowest BCUT2D eigenvalue weighted by Gasteiger charge is -2.09. The fourth-order valence-electron chi connectivity index (χ4n) is 2.62. The van der Waals surface area contributed by atoms with Crippen molar-refractivity contribution in [3.05, 3.63) is 40.2 Å². The molecule has 2 aromatic rings. The lowest BCUT2D eigenvalue weighted by Crippen LogP contribution is -2.13. The number of carbonyl (C=O) groups is 2. The largest absolute Gasteiger partial charge is 0.461 e. The smallest absolute Gasteiger partial charge is 0.411 e. The molecule has 1 aliphatic rings. The van der Waals surface area contributed by atoms with Crippen molar-refractivity contribution in [3.63, 3.8) is 0 Å².